The van der Waals surface area contributed by atoms with Crippen LogP contribution in [0.3, 0.4) is 0 Å². The van der Waals surface area contributed by atoms with E-state index < -0.39 is 11.2 Å². The van der Waals surface area contributed by atoms with E-state index >= 15 is 0 Å². The first kappa shape index (κ1) is 20.1. The normalized spacial score (nSPS) is 11.3. The molecule has 0 saturated carbocycles. The smallest absolute Gasteiger partial charge is 0.332 e. The Bertz CT molecular complexity index is 1600. The maximum Gasteiger partial charge on any atom is 0.332 e. The Kier molecular flexibility index (Phi) is 4.83. The van der Waals surface area contributed by atoms with Crippen LogP contribution in [0.1, 0.15) is 5.56 Å². The van der Waals surface area contributed by atoms with E-state index in [1.165, 1.54) is 11.6 Å². The van der Waals surface area contributed by atoms with Crippen molar-refractivity contribution in [3.63, 3.8) is 0 Å². The van der Waals surface area contributed by atoms with Crippen molar-refractivity contribution in [2.24, 2.45) is 14.1 Å². The number of imidazole rings is 1. The zero-order valence-corrected chi connectivity index (χ0v) is 18.2. The van der Waals surface area contributed by atoms with Crippen LogP contribution in [0.2, 0.25) is 5.02 Å². The molecule has 3 aromatic carbocycles. The van der Waals surface area contributed by atoms with Gasteiger partial charge in [0.1, 0.15) is 5.75 Å². The molecule has 0 aliphatic rings. The average Bonchev–Trinajstić information content (AvgIpc) is 3.15. The Morgan fingerprint density at radius 3 is 2.38 bits per heavy atom. The second-order valence-electron chi connectivity index (χ2n) is 7.60. The maximum absolute atomic E-state index is 13.0. The Hall–Kier alpha value is -3.84. The molecule has 0 fully saturated rings. The first-order chi connectivity index (χ1) is 15.4. The fourth-order valence-electron chi connectivity index (χ4n) is 3.76. The highest BCUT2D eigenvalue weighted by atomic mass is 35.5. The van der Waals surface area contributed by atoms with Crippen LogP contribution in [-0.4, -0.2) is 18.7 Å². The van der Waals surface area contributed by atoms with Crippen molar-refractivity contribution in [2.45, 2.75) is 6.54 Å². The Balaban J connectivity index is 1.70. The van der Waals surface area contributed by atoms with E-state index in [1.807, 2.05) is 54.6 Å². The summed E-state index contributed by atoms with van der Waals surface area (Å²) in [4.78, 5) is 30.0. The highest BCUT2D eigenvalue weighted by molar-refractivity contribution is 6.30. The van der Waals surface area contributed by atoms with Gasteiger partial charge >= 0.3 is 11.7 Å². The van der Waals surface area contributed by atoms with Crippen molar-refractivity contribution < 1.29 is 4.74 Å². The third kappa shape index (κ3) is 3.36. The largest absolute Gasteiger partial charge is 0.425 e. The van der Waals surface area contributed by atoms with Crippen LogP contribution in [-0.2, 0) is 20.6 Å². The molecule has 0 unspecified atom stereocenters. The van der Waals surface area contributed by atoms with Crippen molar-refractivity contribution in [3.05, 3.63) is 98.2 Å². The van der Waals surface area contributed by atoms with Crippen LogP contribution >= 0.6 is 11.6 Å². The van der Waals surface area contributed by atoms with E-state index in [0.717, 1.165) is 20.9 Å². The fourth-order valence-corrected chi connectivity index (χ4v) is 3.89. The molecule has 0 bridgehead atoms. The molecule has 0 aliphatic heterocycles. The van der Waals surface area contributed by atoms with E-state index in [4.69, 9.17) is 16.3 Å². The highest BCUT2D eigenvalue weighted by Gasteiger charge is 2.21. The van der Waals surface area contributed by atoms with Crippen LogP contribution in [0.5, 0.6) is 11.8 Å². The van der Waals surface area contributed by atoms with E-state index in [-0.39, 0.29) is 11.7 Å². The van der Waals surface area contributed by atoms with Gasteiger partial charge in [-0.3, -0.25) is 18.5 Å². The number of ether oxygens (including phenoxy) is 1. The fraction of sp³-hybridized carbons (Fsp3) is 0.125. The van der Waals surface area contributed by atoms with E-state index in [2.05, 4.69) is 4.98 Å². The van der Waals surface area contributed by atoms with Gasteiger partial charge in [0.15, 0.2) is 11.2 Å². The molecule has 0 amide bonds. The molecule has 0 aliphatic carbocycles. The number of benzene rings is 3. The summed E-state index contributed by atoms with van der Waals surface area (Å²) in [5.41, 5.74) is 0.588. The number of halogens is 1. The maximum atomic E-state index is 13.0. The molecule has 0 radical (unpaired) electrons. The Labute approximate surface area is 187 Å². The van der Waals surface area contributed by atoms with Gasteiger partial charge in [-0.25, -0.2) is 4.79 Å². The van der Waals surface area contributed by atoms with Crippen molar-refractivity contribution in [2.75, 3.05) is 0 Å². The van der Waals surface area contributed by atoms with Crippen LogP contribution in [0.15, 0.2) is 76.3 Å². The summed E-state index contributed by atoms with van der Waals surface area (Å²) < 4.78 is 10.3. The number of rotatable bonds is 4. The monoisotopic (exact) mass is 446 g/mol. The molecule has 160 valence electrons. The number of aromatic nitrogens is 4. The summed E-state index contributed by atoms with van der Waals surface area (Å²) in [5.74, 6) is 0.582. The molecular formula is C24H19ClN4O3. The number of fused-ring (bicyclic) bond motifs is 2. The quantitative estimate of drug-likeness (QED) is 0.417. The molecule has 7 nitrogen and oxygen atoms in total. The molecular weight excluding hydrogens is 428 g/mol. The minimum absolute atomic E-state index is 0.225. The van der Waals surface area contributed by atoms with Crippen LogP contribution < -0.4 is 16.0 Å². The van der Waals surface area contributed by atoms with Gasteiger partial charge in [0.05, 0.1) is 6.54 Å². The molecule has 8 heteroatoms. The summed E-state index contributed by atoms with van der Waals surface area (Å²) >= 11 is 6.02. The third-order valence-electron chi connectivity index (χ3n) is 5.50. The number of hydrogen-bond donors (Lipinski definition) is 0. The molecule has 2 heterocycles. The molecule has 2 aromatic heterocycles. The molecule has 0 saturated heterocycles. The van der Waals surface area contributed by atoms with Crippen LogP contribution in [0.4, 0.5) is 0 Å². The second-order valence-corrected chi connectivity index (χ2v) is 8.03. The van der Waals surface area contributed by atoms with Gasteiger partial charge in [0, 0.05) is 19.1 Å². The van der Waals surface area contributed by atoms with Gasteiger partial charge in [-0.05, 0) is 40.6 Å². The van der Waals surface area contributed by atoms with Crippen LogP contribution in [0.25, 0.3) is 21.9 Å². The zero-order chi connectivity index (χ0) is 22.4. The van der Waals surface area contributed by atoms with Crippen LogP contribution in [0, 0.1) is 0 Å². The topological polar surface area (TPSA) is 71.1 Å². The van der Waals surface area contributed by atoms with Crippen molar-refractivity contribution in [1.82, 2.24) is 18.7 Å². The average molecular weight is 447 g/mol. The first-order valence-electron chi connectivity index (χ1n) is 10.00. The van der Waals surface area contributed by atoms with Gasteiger partial charge in [-0.1, -0.05) is 54.1 Å². The van der Waals surface area contributed by atoms with Gasteiger partial charge in [-0.2, -0.15) is 4.98 Å². The SMILES string of the molecule is Cn1c(=O)c2c(nc(Oc3ccc4ccccc4c3)n2Cc2ccc(Cl)cc2)n(C)c1=O. The second kappa shape index (κ2) is 7.69. The molecule has 32 heavy (non-hydrogen) atoms. The zero-order valence-electron chi connectivity index (χ0n) is 17.4. The number of hydrogen-bond acceptors (Lipinski definition) is 4. The Morgan fingerprint density at radius 2 is 1.62 bits per heavy atom. The van der Waals surface area contributed by atoms with E-state index in [9.17, 15) is 9.59 Å². The molecule has 0 spiro atoms. The summed E-state index contributed by atoms with van der Waals surface area (Å²) in [5, 5.41) is 2.73. The highest BCUT2D eigenvalue weighted by Crippen LogP contribution is 2.28. The summed E-state index contributed by atoms with van der Waals surface area (Å²) in [6.45, 7) is 0.323. The summed E-state index contributed by atoms with van der Waals surface area (Å²) in [6.07, 6.45) is 0. The van der Waals surface area contributed by atoms with Gasteiger partial charge < -0.3 is 4.74 Å². The standard InChI is InChI=1S/C24H19ClN4O3/c1-27-21-20(22(30)28(2)24(27)31)29(14-15-7-10-18(25)11-8-15)23(26-21)32-19-12-9-16-5-3-4-6-17(16)13-19/h3-13H,14H2,1-2H3. The summed E-state index contributed by atoms with van der Waals surface area (Å²) in [6, 6.07) is 21.2. The predicted molar refractivity (Wildman–Crippen MR) is 125 cm³/mol. The molecule has 0 atom stereocenters. The van der Waals surface area contributed by atoms with E-state index in [1.54, 1.807) is 23.7 Å². The molecule has 5 aromatic rings. The van der Waals surface area contributed by atoms with Gasteiger partial charge in [-0.15, -0.1) is 0 Å². The minimum atomic E-state index is -0.448. The molecule has 0 N–H and O–H groups in total. The number of aryl methyl sites for hydroxylation is 1. The lowest BCUT2D eigenvalue weighted by Gasteiger charge is -2.11. The predicted octanol–water partition coefficient (Wildman–Crippen LogP) is 4.08. The number of nitrogens with zero attached hydrogens (tertiary/aromatic N) is 4. The third-order valence-corrected chi connectivity index (χ3v) is 5.75. The molecule has 5 rings (SSSR count). The van der Waals surface area contributed by atoms with Gasteiger partial charge in [0.25, 0.3) is 5.56 Å². The van der Waals surface area contributed by atoms with Gasteiger partial charge in [0.2, 0.25) is 0 Å². The van der Waals surface area contributed by atoms with Crippen molar-refractivity contribution in [1.29, 1.82) is 0 Å². The van der Waals surface area contributed by atoms with E-state index in [0.29, 0.717) is 22.8 Å². The lowest BCUT2D eigenvalue weighted by molar-refractivity contribution is 0.421. The van der Waals surface area contributed by atoms with Crippen molar-refractivity contribution >= 4 is 33.5 Å². The Morgan fingerprint density at radius 1 is 0.906 bits per heavy atom. The minimum Gasteiger partial charge on any atom is -0.425 e. The summed E-state index contributed by atoms with van der Waals surface area (Å²) in [7, 11) is 3.04. The van der Waals surface area contributed by atoms with Crippen molar-refractivity contribution in [3.8, 4) is 11.8 Å². The first-order valence-corrected chi connectivity index (χ1v) is 10.4. The lowest BCUT2D eigenvalue weighted by Crippen LogP contribution is -2.37. The lowest BCUT2D eigenvalue weighted by atomic mass is 10.1.